The minimum Gasteiger partial charge on any atom is -0.478 e. The van der Waals surface area contributed by atoms with Crippen molar-refractivity contribution in [1.82, 2.24) is 0 Å². The summed E-state index contributed by atoms with van der Waals surface area (Å²) < 4.78 is 5.44. The zero-order valence-corrected chi connectivity index (χ0v) is 11.3. The third-order valence-corrected chi connectivity index (χ3v) is 3.27. The summed E-state index contributed by atoms with van der Waals surface area (Å²) in [4.78, 5) is 13.0. The van der Waals surface area contributed by atoms with Crippen LogP contribution in [0.5, 0.6) is 0 Å². The van der Waals surface area contributed by atoms with Crippen molar-refractivity contribution < 1.29 is 14.6 Å². The summed E-state index contributed by atoms with van der Waals surface area (Å²) in [6, 6.07) is 6.42. The zero-order chi connectivity index (χ0) is 13.8. The Labute approximate surface area is 113 Å². The molecule has 1 aromatic carbocycles. The Kier molecular flexibility index (Phi) is 4.22. The van der Waals surface area contributed by atoms with E-state index in [0.717, 1.165) is 23.4 Å². The Morgan fingerprint density at radius 3 is 3.00 bits per heavy atom. The standard InChI is InChI=1S/C15H19NO3/c1-11-3-5-14(13(9-11)4-6-15(17)18)16-7-8-19-10-12(16)2/h3-6,9,12H,7-8,10H2,1-2H3,(H,17,18)/b6-4+. The summed E-state index contributed by atoms with van der Waals surface area (Å²) in [7, 11) is 0. The highest BCUT2D eigenvalue weighted by atomic mass is 16.5. The lowest BCUT2D eigenvalue weighted by molar-refractivity contribution is -0.131. The summed E-state index contributed by atoms with van der Waals surface area (Å²) >= 11 is 0. The predicted molar refractivity (Wildman–Crippen MR) is 75.5 cm³/mol. The molecule has 1 aliphatic heterocycles. The smallest absolute Gasteiger partial charge is 0.328 e. The summed E-state index contributed by atoms with van der Waals surface area (Å²) in [5.74, 6) is -0.928. The van der Waals surface area contributed by atoms with Crippen LogP contribution in [0.4, 0.5) is 5.69 Å². The van der Waals surface area contributed by atoms with Gasteiger partial charge in [0.25, 0.3) is 0 Å². The summed E-state index contributed by atoms with van der Waals surface area (Å²) in [5, 5.41) is 8.78. The molecule has 1 saturated heterocycles. The maximum atomic E-state index is 10.7. The van der Waals surface area contributed by atoms with Crippen LogP contribution in [-0.4, -0.2) is 36.9 Å². The van der Waals surface area contributed by atoms with Crippen molar-refractivity contribution in [2.45, 2.75) is 19.9 Å². The van der Waals surface area contributed by atoms with Crippen molar-refractivity contribution in [1.29, 1.82) is 0 Å². The van der Waals surface area contributed by atoms with Gasteiger partial charge in [-0.15, -0.1) is 0 Å². The molecule has 0 radical (unpaired) electrons. The number of rotatable bonds is 3. The number of morpholine rings is 1. The maximum absolute atomic E-state index is 10.7. The van der Waals surface area contributed by atoms with E-state index in [-0.39, 0.29) is 0 Å². The number of aryl methyl sites for hydroxylation is 1. The second-order valence-corrected chi connectivity index (χ2v) is 4.85. The van der Waals surface area contributed by atoms with Crippen LogP contribution in [0.1, 0.15) is 18.1 Å². The third-order valence-electron chi connectivity index (χ3n) is 3.27. The van der Waals surface area contributed by atoms with Gasteiger partial charge in [-0.25, -0.2) is 4.79 Å². The Balaban J connectivity index is 2.35. The number of carboxylic acid groups (broad SMARTS) is 1. The summed E-state index contributed by atoms with van der Waals surface area (Å²) in [6.45, 7) is 6.36. The van der Waals surface area contributed by atoms with Crippen molar-refractivity contribution >= 4 is 17.7 Å². The van der Waals surface area contributed by atoms with Crippen molar-refractivity contribution in [3.63, 3.8) is 0 Å². The normalized spacial score (nSPS) is 19.9. The number of ether oxygens (including phenoxy) is 1. The van der Waals surface area contributed by atoms with Crippen molar-refractivity contribution in [2.24, 2.45) is 0 Å². The Morgan fingerprint density at radius 2 is 2.32 bits per heavy atom. The number of hydrogen-bond acceptors (Lipinski definition) is 3. The number of carbonyl (C=O) groups is 1. The number of nitrogens with zero attached hydrogens (tertiary/aromatic N) is 1. The van der Waals surface area contributed by atoms with E-state index in [4.69, 9.17) is 9.84 Å². The SMILES string of the molecule is Cc1ccc(N2CCOCC2C)c(/C=C/C(=O)O)c1. The van der Waals surface area contributed by atoms with Crippen molar-refractivity contribution in [3.8, 4) is 0 Å². The molecule has 1 N–H and O–H groups in total. The molecule has 1 heterocycles. The fourth-order valence-corrected chi connectivity index (χ4v) is 2.32. The number of aliphatic carboxylic acids is 1. The fraction of sp³-hybridized carbons (Fsp3) is 0.400. The molecule has 1 unspecified atom stereocenters. The van der Waals surface area contributed by atoms with E-state index in [9.17, 15) is 4.79 Å². The van der Waals surface area contributed by atoms with E-state index in [0.29, 0.717) is 19.3 Å². The Bertz CT molecular complexity index is 496. The molecule has 0 saturated carbocycles. The average molecular weight is 261 g/mol. The first-order valence-corrected chi connectivity index (χ1v) is 6.44. The van der Waals surface area contributed by atoms with Gasteiger partial charge in [0.15, 0.2) is 0 Å². The highest BCUT2D eigenvalue weighted by molar-refractivity contribution is 5.87. The minimum atomic E-state index is -0.928. The van der Waals surface area contributed by atoms with E-state index in [1.54, 1.807) is 6.08 Å². The topological polar surface area (TPSA) is 49.8 Å². The molecule has 0 spiro atoms. The van der Waals surface area contributed by atoms with Crippen LogP contribution in [0.2, 0.25) is 0 Å². The quantitative estimate of drug-likeness (QED) is 0.848. The molecule has 19 heavy (non-hydrogen) atoms. The summed E-state index contributed by atoms with van der Waals surface area (Å²) in [6.07, 6.45) is 2.84. The van der Waals surface area contributed by atoms with E-state index < -0.39 is 5.97 Å². The zero-order valence-electron chi connectivity index (χ0n) is 11.3. The van der Waals surface area contributed by atoms with E-state index in [2.05, 4.69) is 24.0 Å². The Morgan fingerprint density at radius 1 is 1.53 bits per heavy atom. The molecular weight excluding hydrogens is 242 g/mol. The lowest BCUT2D eigenvalue weighted by atomic mass is 10.1. The van der Waals surface area contributed by atoms with E-state index in [1.165, 1.54) is 6.08 Å². The molecule has 2 rings (SSSR count). The van der Waals surface area contributed by atoms with E-state index >= 15 is 0 Å². The molecular formula is C15H19NO3. The van der Waals surface area contributed by atoms with Crippen LogP contribution >= 0.6 is 0 Å². The van der Waals surface area contributed by atoms with Crippen LogP contribution in [-0.2, 0) is 9.53 Å². The van der Waals surface area contributed by atoms with Gasteiger partial charge in [-0.05, 0) is 37.6 Å². The molecule has 1 aliphatic rings. The minimum absolute atomic E-state index is 0.299. The van der Waals surface area contributed by atoms with Crippen molar-refractivity contribution in [2.75, 3.05) is 24.7 Å². The lowest BCUT2D eigenvalue weighted by Crippen LogP contribution is -2.44. The Hall–Kier alpha value is -1.81. The van der Waals surface area contributed by atoms with Crippen LogP contribution in [0.15, 0.2) is 24.3 Å². The number of benzene rings is 1. The lowest BCUT2D eigenvalue weighted by Gasteiger charge is -2.36. The molecule has 1 aromatic rings. The molecule has 0 aliphatic carbocycles. The van der Waals surface area contributed by atoms with Crippen LogP contribution in [0, 0.1) is 6.92 Å². The summed E-state index contributed by atoms with van der Waals surface area (Å²) in [5.41, 5.74) is 3.13. The number of anilines is 1. The monoisotopic (exact) mass is 261 g/mol. The third kappa shape index (κ3) is 3.35. The average Bonchev–Trinajstić information content (AvgIpc) is 2.37. The van der Waals surface area contributed by atoms with E-state index in [1.807, 2.05) is 13.0 Å². The van der Waals surface area contributed by atoms with Crippen LogP contribution in [0.25, 0.3) is 6.08 Å². The van der Waals surface area contributed by atoms with Gasteiger partial charge in [0.2, 0.25) is 0 Å². The molecule has 102 valence electrons. The fourth-order valence-electron chi connectivity index (χ4n) is 2.32. The molecule has 0 bridgehead atoms. The van der Waals surface area contributed by atoms with Gasteiger partial charge < -0.3 is 14.7 Å². The molecule has 0 aromatic heterocycles. The largest absolute Gasteiger partial charge is 0.478 e. The predicted octanol–water partition coefficient (Wildman–Crippen LogP) is 2.32. The van der Waals surface area contributed by atoms with Gasteiger partial charge in [-0.1, -0.05) is 11.6 Å². The van der Waals surface area contributed by atoms with Gasteiger partial charge in [0, 0.05) is 24.4 Å². The van der Waals surface area contributed by atoms with Gasteiger partial charge in [0.05, 0.1) is 13.2 Å². The first-order chi connectivity index (χ1) is 9.08. The molecule has 1 fully saturated rings. The number of hydrogen-bond donors (Lipinski definition) is 1. The molecule has 4 heteroatoms. The second kappa shape index (κ2) is 5.89. The first kappa shape index (κ1) is 13.6. The highest BCUT2D eigenvalue weighted by Gasteiger charge is 2.20. The van der Waals surface area contributed by atoms with Gasteiger partial charge in [0.1, 0.15) is 0 Å². The molecule has 0 amide bonds. The number of carboxylic acids is 1. The highest BCUT2D eigenvalue weighted by Crippen LogP contribution is 2.26. The van der Waals surface area contributed by atoms with Gasteiger partial charge in [-0.3, -0.25) is 0 Å². The maximum Gasteiger partial charge on any atom is 0.328 e. The molecule has 1 atom stereocenters. The second-order valence-electron chi connectivity index (χ2n) is 4.85. The van der Waals surface area contributed by atoms with Gasteiger partial charge in [-0.2, -0.15) is 0 Å². The van der Waals surface area contributed by atoms with Crippen LogP contribution < -0.4 is 4.90 Å². The molecule has 4 nitrogen and oxygen atoms in total. The first-order valence-electron chi connectivity index (χ1n) is 6.44. The van der Waals surface area contributed by atoms with Gasteiger partial charge >= 0.3 is 5.97 Å². The van der Waals surface area contributed by atoms with Crippen LogP contribution in [0.3, 0.4) is 0 Å². The van der Waals surface area contributed by atoms with Crippen molar-refractivity contribution in [3.05, 3.63) is 35.4 Å².